The van der Waals surface area contributed by atoms with Crippen LogP contribution in [0.4, 0.5) is 0 Å². The van der Waals surface area contributed by atoms with E-state index in [9.17, 15) is 5.11 Å². The smallest absolute Gasteiger partial charge is 0.0670 e. The molecule has 0 aromatic rings. The average molecular weight is 214 g/mol. The van der Waals surface area contributed by atoms with Crippen molar-refractivity contribution in [2.75, 3.05) is 0 Å². The van der Waals surface area contributed by atoms with Gasteiger partial charge in [-0.1, -0.05) is 53.4 Å². The summed E-state index contributed by atoms with van der Waals surface area (Å²) in [6.07, 6.45) is 9.22. The lowest BCUT2D eigenvalue weighted by Crippen LogP contribution is -2.36. The molecule has 1 nitrogen and oxygen atoms in total. The number of hydrogen-bond acceptors (Lipinski definition) is 1. The molecule has 0 saturated heterocycles. The summed E-state index contributed by atoms with van der Waals surface area (Å²) >= 11 is 0. The molecular weight excluding hydrogens is 184 g/mol. The molecule has 0 heterocycles. The monoisotopic (exact) mass is 214 g/mol. The Balaban J connectivity index is 4.29. The maximum atomic E-state index is 10.5. The van der Waals surface area contributed by atoms with Crippen molar-refractivity contribution in [2.24, 2.45) is 5.92 Å². The van der Waals surface area contributed by atoms with Crippen molar-refractivity contribution < 1.29 is 5.11 Å². The van der Waals surface area contributed by atoms with Crippen molar-refractivity contribution in [3.05, 3.63) is 0 Å². The van der Waals surface area contributed by atoms with Crippen LogP contribution in [0.1, 0.15) is 79.1 Å². The van der Waals surface area contributed by atoms with Gasteiger partial charge in [0.1, 0.15) is 0 Å². The van der Waals surface area contributed by atoms with Crippen LogP contribution in [0.15, 0.2) is 0 Å². The molecular formula is C14H30O. The Labute approximate surface area is 96.3 Å². The fraction of sp³-hybridized carbons (Fsp3) is 1.00. The molecule has 1 N–H and O–H groups in total. The maximum Gasteiger partial charge on any atom is 0.0670 e. The Kier molecular flexibility index (Phi) is 8.13. The Morgan fingerprint density at radius 1 is 0.867 bits per heavy atom. The minimum Gasteiger partial charge on any atom is -0.390 e. The zero-order valence-electron chi connectivity index (χ0n) is 11.2. The molecule has 0 unspecified atom stereocenters. The zero-order valence-corrected chi connectivity index (χ0v) is 11.2. The predicted molar refractivity (Wildman–Crippen MR) is 68.1 cm³/mol. The highest BCUT2D eigenvalue weighted by molar-refractivity contribution is 4.83. The molecule has 0 aliphatic heterocycles. The number of hydrogen-bond donors (Lipinski definition) is 1. The van der Waals surface area contributed by atoms with Gasteiger partial charge in [0.2, 0.25) is 0 Å². The summed E-state index contributed by atoms with van der Waals surface area (Å²) in [7, 11) is 0. The van der Waals surface area contributed by atoms with Gasteiger partial charge < -0.3 is 5.11 Å². The van der Waals surface area contributed by atoms with Crippen LogP contribution in [0.2, 0.25) is 0 Å². The largest absolute Gasteiger partial charge is 0.390 e. The highest BCUT2D eigenvalue weighted by atomic mass is 16.3. The van der Waals surface area contributed by atoms with Gasteiger partial charge in [-0.3, -0.25) is 0 Å². The first-order chi connectivity index (χ1) is 7.14. The molecule has 0 spiro atoms. The predicted octanol–water partition coefficient (Wildman–Crippen LogP) is 4.53. The van der Waals surface area contributed by atoms with Crippen LogP contribution in [0.25, 0.3) is 0 Å². The van der Waals surface area contributed by atoms with Crippen LogP contribution in [-0.4, -0.2) is 10.7 Å². The summed E-state index contributed by atoms with van der Waals surface area (Å²) in [5, 5.41) is 10.5. The molecule has 0 saturated carbocycles. The summed E-state index contributed by atoms with van der Waals surface area (Å²) in [5.41, 5.74) is -0.398. The van der Waals surface area contributed by atoms with E-state index in [4.69, 9.17) is 0 Å². The van der Waals surface area contributed by atoms with E-state index in [1.54, 1.807) is 0 Å². The number of unbranched alkanes of at least 4 members (excludes halogenated alkanes) is 2. The third-order valence-corrected chi connectivity index (χ3v) is 3.80. The SMILES string of the molecule is CCCCC(CCCC)C(O)(CC)CC. The molecule has 0 fully saturated rings. The van der Waals surface area contributed by atoms with E-state index in [0.29, 0.717) is 5.92 Å². The average Bonchev–Trinajstić information content (AvgIpc) is 2.28. The highest BCUT2D eigenvalue weighted by Gasteiger charge is 2.31. The molecule has 0 amide bonds. The standard InChI is InChI=1S/C14H30O/c1-5-9-11-13(12-10-6-2)14(15,7-3)8-4/h13,15H,5-12H2,1-4H3. The summed E-state index contributed by atoms with van der Waals surface area (Å²) in [6, 6.07) is 0. The Bertz CT molecular complexity index is 130. The highest BCUT2D eigenvalue weighted by Crippen LogP contribution is 2.33. The number of rotatable bonds is 9. The second kappa shape index (κ2) is 8.15. The van der Waals surface area contributed by atoms with Crippen molar-refractivity contribution in [3.8, 4) is 0 Å². The van der Waals surface area contributed by atoms with Gasteiger partial charge >= 0.3 is 0 Å². The molecule has 1 heteroatoms. The van der Waals surface area contributed by atoms with Gasteiger partial charge in [0, 0.05) is 0 Å². The van der Waals surface area contributed by atoms with E-state index in [1.165, 1.54) is 38.5 Å². The molecule has 0 rings (SSSR count). The minimum atomic E-state index is -0.398. The fourth-order valence-electron chi connectivity index (χ4n) is 2.41. The Hall–Kier alpha value is -0.0400. The van der Waals surface area contributed by atoms with Gasteiger partial charge in [-0.25, -0.2) is 0 Å². The van der Waals surface area contributed by atoms with Gasteiger partial charge in [-0.15, -0.1) is 0 Å². The lowest BCUT2D eigenvalue weighted by molar-refractivity contribution is -0.0338. The van der Waals surface area contributed by atoms with E-state index in [0.717, 1.165) is 12.8 Å². The molecule has 0 aliphatic carbocycles. The first-order valence-corrected chi connectivity index (χ1v) is 6.86. The van der Waals surface area contributed by atoms with Crippen LogP contribution < -0.4 is 0 Å². The van der Waals surface area contributed by atoms with Crippen LogP contribution in [-0.2, 0) is 0 Å². The van der Waals surface area contributed by atoms with Gasteiger partial charge in [0.15, 0.2) is 0 Å². The zero-order chi connectivity index (χ0) is 11.7. The first-order valence-electron chi connectivity index (χ1n) is 6.86. The molecule has 0 aromatic heterocycles. The molecule has 0 aromatic carbocycles. The molecule has 0 bridgehead atoms. The first kappa shape index (κ1) is 15.0. The third kappa shape index (κ3) is 5.01. The summed E-state index contributed by atoms with van der Waals surface area (Å²) in [6.45, 7) is 8.70. The summed E-state index contributed by atoms with van der Waals surface area (Å²) in [4.78, 5) is 0. The molecule has 92 valence electrons. The molecule has 0 radical (unpaired) electrons. The topological polar surface area (TPSA) is 20.2 Å². The van der Waals surface area contributed by atoms with E-state index in [-0.39, 0.29) is 0 Å². The lowest BCUT2D eigenvalue weighted by atomic mass is 9.77. The van der Waals surface area contributed by atoms with Crippen LogP contribution in [0, 0.1) is 5.92 Å². The minimum absolute atomic E-state index is 0.398. The van der Waals surface area contributed by atoms with Crippen molar-refractivity contribution in [1.29, 1.82) is 0 Å². The van der Waals surface area contributed by atoms with E-state index in [2.05, 4.69) is 27.7 Å². The molecule has 0 atom stereocenters. The van der Waals surface area contributed by atoms with Gasteiger partial charge in [0.25, 0.3) is 0 Å². The van der Waals surface area contributed by atoms with Crippen LogP contribution in [0.5, 0.6) is 0 Å². The fourth-order valence-corrected chi connectivity index (χ4v) is 2.41. The third-order valence-electron chi connectivity index (χ3n) is 3.80. The van der Waals surface area contributed by atoms with Crippen LogP contribution >= 0.6 is 0 Å². The summed E-state index contributed by atoms with van der Waals surface area (Å²) in [5.74, 6) is 0.521. The quantitative estimate of drug-likeness (QED) is 0.597. The van der Waals surface area contributed by atoms with E-state index >= 15 is 0 Å². The summed E-state index contributed by atoms with van der Waals surface area (Å²) < 4.78 is 0. The van der Waals surface area contributed by atoms with E-state index in [1.807, 2.05) is 0 Å². The second-order valence-electron chi connectivity index (χ2n) is 4.79. The Morgan fingerprint density at radius 2 is 1.27 bits per heavy atom. The van der Waals surface area contributed by atoms with Gasteiger partial charge in [-0.05, 0) is 31.6 Å². The number of aliphatic hydroxyl groups is 1. The van der Waals surface area contributed by atoms with Crippen LogP contribution in [0.3, 0.4) is 0 Å². The van der Waals surface area contributed by atoms with E-state index < -0.39 is 5.60 Å². The van der Waals surface area contributed by atoms with Crippen molar-refractivity contribution in [3.63, 3.8) is 0 Å². The molecule has 15 heavy (non-hydrogen) atoms. The molecule has 0 aliphatic rings. The van der Waals surface area contributed by atoms with Gasteiger partial charge in [-0.2, -0.15) is 0 Å². The maximum absolute atomic E-state index is 10.5. The lowest BCUT2D eigenvalue weighted by Gasteiger charge is -2.35. The van der Waals surface area contributed by atoms with Gasteiger partial charge in [0.05, 0.1) is 5.60 Å². The van der Waals surface area contributed by atoms with Crippen molar-refractivity contribution >= 4 is 0 Å². The normalized spacial score (nSPS) is 12.4. The van der Waals surface area contributed by atoms with Crippen molar-refractivity contribution in [1.82, 2.24) is 0 Å². The second-order valence-corrected chi connectivity index (χ2v) is 4.79. The van der Waals surface area contributed by atoms with Crippen molar-refractivity contribution in [2.45, 2.75) is 84.7 Å². The Morgan fingerprint density at radius 3 is 1.53 bits per heavy atom.